The molecule has 0 bridgehead atoms. The van der Waals surface area contributed by atoms with Gasteiger partial charge in [-0.05, 0) is 53.0 Å². The molecule has 0 aromatic carbocycles. The predicted molar refractivity (Wildman–Crippen MR) is 91.6 cm³/mol. The van der Waals surface area contributed by atoms with Gasteiger partial charge in [0.1, 0.15) is 5.60 Å². The summed E-state index contributed by atoms with van der Waals surface area (Å²) in [6.45, 7) is 10.1. The predicted octanol–water partition coefficient (Wildman–Crippen LogP) is 2.52. The normalized spacial score (nSPS) is 22.8. The number of nitrogens with zero attached hydrogens (tertiary/aromatic N) is 1. The Morgan fingerprint density at radius 1 is 1.36 bits per heavy atom. The molecule has 1 N–H and O–H groups in total. The number of likely N-dealkylation sites (tertiary alicyclic amines) is 1. The van der Waals surface area contributed by atoms with Crippen molar-refractivity contribution < 1.29 is 13.7 Å². The van der Waals surface area contributed by atoms with E-state index >= 15 is 0 Å². The highest BCUT2D eigenvalue weighted by molar-refractivity contribution is 7.84. The minimum Gasteiger partial charge on any atom is -0.444 e. The van der Waals surface area contributed by atoms with Crippen LogP contribution in [0.3, 0.4) is 0 Å². The maximum atomic E-state index is 12.1. The Hall–Kier alpha value is -0.620. The van der Waals surface area contributed by atoms with E-state index in [4.69, 9.17) is 4.74 Å². The number of carbonyl (C=O) groups is 1. The van der Waals surface area contributed by atoms with Gasteiger partial charge in [-0.15, -0.1) is 0 Å². The molecular formula is C16H32N2O3S. The molecule has 1 aliphatic rings. The summed E-state index contributed by atoms with van der Waals surface area (Å²) < 4.78 is 16.8. The van der Waals surface area contributed by atoms with Gasteiger partial charge in [-0.1, -0.05) is 6.92 Å². The SMILES string of the molecule is CC(CCNC1CCCN(C(=O)OC(C)(C)C)CC1)S(C)=O. The van der Waals surface area contributed by atoms with Gasteiger partial charge in [0.2, 0.25) is 0 Å². The van der Waals surface area contributed by atoms with E-state index in [0.717, 1.165) is 45.3 Å². The largest absolute Gasteiger partial charge is 0.444 e. The van der Waals surface area contributed by atoms with E-state index in [2.05, 4.69) is 5.32 Å². The van der Waals surface area contributed by atoms with Crippen molar-refractivity contribution in [3.8, 4) is 0 Å². The van der Waals surface area contributed by atoms with Crippen LogP contribution in [0.5, 0.6) is 0 Å². The number of ether oxygens (including phenoxy) is 1. The van der Waals surface area contributed by atoms with Crippen molar-refractivity contribution in [3.05, 3.63) is 0 Å². The Morgan fingerprint density at radius 3 is 2.64 bits per heavy atom. The van der Waals surface area contributed by atoms with E-state index < -0.39 is 16.4 Å². The van der Waals surface area contributed by atoms with Crippen LogP contribution in [0, 0.1) is 0 Å². The first kappa shape index (κ1) is 19.4. The smallest absolute Gasteiger partial charge is 0.410 e. The number of rotatable bonds is 5. The summed E-state index contributed by atoms with van der Waals surface area (Å²) in [6.07, 6.45) is 5.49. The van der Waals surface area contributed by atoms with Crippen LogP contribution in [0.4, 0.5) is 4.79 Å². The molecule has 0 spiro atoms. The summed E-state index contributed by atoms with van der Waals surface area (Å²) in [6, 6.07) is 0.435. The molecule has 0 saturated carbocycles. The van der Waals surface area contributed by atoms with Crippen LogP contribution in [-0.2, 0) is 15.5 Å². The minimum absolute atomic E-state index is 0.205. The standard InChI is InChI=1S/C16H32N2O3S/c1-13(22(5)20)8-10-17-14-7-6-11-18(12-9-14)15(19)21-16(2,3)4/h13-14,17H,6-12H2,1-5H3. The third-order valence-electron chi connectivity index (χ3n) is 3.93. The van der Waals surface area contributed by atoms with E-state index in [9.17, 15) is 9.00 Å². The van der Waals surface area contributed by atoms with E-state index in [1.54, 1.807) is 6.26 Å². The summed E-state index contributed by atoms with van der Waals surface area (Å²) in [4.78, 5) is 13.9. The maximum Gasteiger partial charge on any atom is 0.410 e. The van der Waals surface area contributed by atoms with Crippen molar-refractivity contribution in [2.75, 3.05) is 25.9 Å². The first-order valence-corrected chi connectivity index (χ1v) is 9.84. The molecular weight excluding hydrogens is 300 g/mol. The quantitative estimate of drug-likeness (QED) is 0.840. The zero-order chi connectivity index (χ0) is 16.8. The molecule has 6 heteroatoms. The summed E-state index contributed by atoms with van der Waals surface area (Å²) in [7, 11) is -0.751. The second-order valence-corrected chi connectivity index (χ2v) is 8.95. The van der Waals surface area contributed by atoms with Gasteiger partial charge in [-0.2, -0.15) is 0 Å². The third kappa shape index (κ3) is 7.58. The molecule has 3 unspecified atom stereocenters. The highest BCUT2D eigenvalue weighted by Crippen LogP contribution is 2.15. The summed E-state index contributed by atoms with van der Waals surface area (Å²) in [5.74, 6) is 0. The number of nitrogens with one attached hydrogen (secondary N) is 1. The molecule has 130 valence electrons. The van der Waals surface area contributed by atoms with Crippen LogP contribution in [0.15, 0.2) is 0 Å². The molecule has 22 heavy (non-hydrogen) atoms. The molecule has 0 radical (unpaired) electrons. The highest BCUT2D eigenvalue weighted by atomic mass is 32.2. The fourth-order valence-corrected chi connectivity index (χ4v) is 2.92. The lowest BCUT2D eigenvalue weighted by atomic mass is 10.1. The van der Waals surface area contributed by atoms with Gasteiger partial charge in [0.05, 0.1) is 0 Å². The summed E-state index contributed by atoms with van der Waals surface area (Å²) >= 11 is 0. The van der Waals surface area contributed by atoms with Crippen LogP contribution in [0.2, 0.25) is 0 Å². The second-order valence-electron chi connectivity index (χ2n) is 7.15. The molecule has 1 fully saturated rings. The van der Waals surface area contributed by atoms with Crippen molar-refractivity contribution in [2.24, 2.45) is 0 Å². The highest BCUT2D eigenvalue weighted by Gasteiger charge is 2.25. The molecule has 0 aromatic rings. The van der Waals surface area contributed by atoms with Crippen molar-refractivity contribution in [3.63, 3.8) is 0 Å². The Labute approximate surface area is 137 Å². The van der Waals surface area contributed by atoms with Crippen LogP contribution in [0.1, 0.15) is 53.4 Å². The van der Waals surface area contributed by atoms with Crippen LogP contribution in [-0.4, -0.2) is 58.0 Å². The van der Waals surface area contributed by atoms with Crippen LogP contribution in [0.25, 0.3) is 0 Å². The van der Waals surface area contributed by atoms with E-state index in [-0.39, 0.29) is 11.3 Å². The number of carbonyl (C=O) groups excluding carboxylic acids is 1. The molecule has 5 nitrogen and oxygen atoms in total. The van der Waals surface area contributed by atoms with Gasteiger partial charge < -0.3 is 15.0 Å². The average molecular weight is 333 g/mol. The molecule has 0 aromatic heterocycles. The van der Waals surface area contributed by atoms with Crippen LogP contribution < -0.4 is 5.32 Å². The number of amides is 1. The molecule has 1 saturated heterocycles. The number of hydrogen-bond acceptors (Lipinski definition) is 4. The summed E-state index contributed by atoms with van der Waals surface area (Å²) in [5, 5.41) is 3.77. The van der Waals surface area contributed by atoms with Crippen molar-refractivity contribution in [1.82, 2.24) is 10.2 Å². The lowest BCUT2D eigenvalue weighted by Crippen LogP contribution is -2.38. The fourth-order valence-electron chi connectivity index (χ4n) is 2.47. The van der Waals surface area contributed by atoms with Gasteiger partial charge in [-0.25, -0.2) is 4.79 Å². The van der Waals surface area contributed by atoms with Gasteiger partial charge in [0, 0.05) is 41.4 Å². The molecule has 1 heterocycles. The third-order valence-corrected chi connectivity index (χ3v) is 5.30. The maximum absolute atomic E-state index is 12.1. The van der Waals surface area contributed by atoms with Gasteiger partial charge in [0.15, 0.2) is 0 Å². The van der Waals surface area contributed by atoms with E-state index in [0.29, 0.717) is 6.04 Å². The molecule has 1 rings (SSSR count). The lowest BCUT2D eigenvalue weighted by Gasteiger charge is -2.26. The monoisotopic (exact) mass is 332 g/mol. The molecule has 3 atom stereocenters. The molecule has 1 aliphatic heterocycles. The van der Waals surface area contributed by atoms with Crippen molar-refractivity contribution in [1.29, 1.82) is 0 Å². The Balaban J connectivity index is 2.33. The average Bonchev–Trinajstić information content (AvgIpc) is 2.62. The number of hydrogen-bond donors (Lipinski definition) is 1. The Morgan fingerprint density at radius 2 is 2.05 bits per heavy atom. The second kappa shape index (κ2) is 8.87. The van der Waals surface area contributed by atoms with Gasteiger partial charge in [0.25, 0.3) is 0 Å². The molecule has 1 amide bonds. The fraction of sp³-hybridized carbons (Fsp3) is 0.938. The van der Waals surface area contributed by atoms with Gasteiger partial charge >= 0.3 is 6.09 Å². The minimum atomic E-state index is -0.751. The topological polar surface area (TPSA) is 58.6 Å². The van der Waals surface area contributed by atoms with Crippen molar-refractivity contribution in [2.45, 2.75) is 70.3 Å². The summed E-state index contributed by atoms with van der Waals surface area (Å²) in [5.41, 5.74) is -0.438. The first-order valence-electron chi connectivity index (χ1n) is 8.22. The zero-order valence-corrected chi connectivity index (χ0v) is 15.5. The lowest BCUT2D eigenvalue weighted by molar-refractivity contribution is 0.0256. The zero-order valence-electron chi connectivity index (χ0n) is 14.7. The van der Waals surface area contributed by atoms with Crippen LogP contribution >= 0.6 is 0 Å². The Bertz CT molecular complexity index is 382. The van der Waals surface area contributed by atoms with Crippen molar-refractivity contribution >= 4 is 16.9 Å². The van der Waals surface area contributed by atoms with Gasteiger partial charge in [-0.3, -0.25) is 4.21 Å². The van der Waals surface area contributed by atoms with E-state index in [1.807, 2.05) is 32.6 Å². The first-order chi connectivity index (χ1) is 10.2. The van der Waals surface area contributed by atoms with E-state index in [1.165, 1.54) is 0 Å². The molecule has 0 aliphatic carbocycles. The Kier molecular flexibility index (Phi) is 7.83.